The SMILES string of the molecule is COc1ccc(OCC(C(=O)C(COc2ccc(OC)cc2)c2ccc(Cl)c(Cl)c2)c2ccc(Cl)c(Cl)c2)cc1. The Hall–Kier alpha value is -3.09. The topological polar surface area (TPSA) is 54.0 Å². The van der Waals surface area contributed by atoms with Crippen molar-refractivity contribution in [1.29, 1.82) is 0 Å². The highest BCUT2D eigenvalue weighted by Gasteiger charge is 2.32. The number of hydrogen-bond donors (Lipinski definition) is 0. The maximum absolute atomic E-state index is 14.3. The van der Waals surface area contributed by atoms with Crippen molar-refractivity contribution in [3.63, 3.8) is 0 Å². The van der Waals surface area contributed by atoms with Gasteiger partial charge in [-0.05, 0) is 83.9 Å². The fraction of sp³-hybridized carbons (Fsp3) is 0.194. The molecule has 40 heavy (non-hydrogen) atoms. The molecule has 9 heteroatoms. The summed E-state index contributed by atoms with van der Waals surface area (Å²) in [5.41, 5.74) is 1.31. The van der Waals surface area contributed by atoms with Crippen LogP contribution >= 0.6 is 46.4 Å². The van der Waals surface area contributed by atoms with Crippen LogP contribution in [-0.2, 0) is 4.79 Å². The van der Waals surface area contributed by atoms with Crippen LogP contribution in [0.5, 0.6) is 23.0 Å². The first-order chi connectivity index (χ1) is 19.3. The number of methoxy groups -OCH3 is 2. The minimum atomic E-state index is -0.712. The number of ether oxygens (including phenoxy) is 4. The lowest BCUT2D eigenvalue weighted by molar-refractivity contribution is -0.123. The number of carbonyl (C=O) groups is 1. The summed E-state index contributed by atoms with van der Waals surface area (Å²) in [6.45, 7) is 0.0902. The zero-order valence-corrected chi connectivity index (χ0v) is 24.7. The molecule has 0 amide bonds. The second-order valence-electron chi connectivity index (χ2n) is 8.83. The summed E-state index contributed by atoms with van der Waals surface area (Å²) < 4.78 is 22.6. The molecule has 4 aromatic carbocycles. The lowest BCUT2D eigenvalue weighted by Gasteiger charge is -2.24. The number of hydrogen-bond acceptors (Lipinski definition) is 5. The van der Waals surface area contributed by atoms with Crippen LogP contribution in [0.15, 0.2) is 84.9 Å². The molecular weight excluding hydrogens is 594 g/mol. The van der Waals surface area contributed by atoms with Gasteiger partial charge in [-0.15, -0.1) is 0 Å². The van der Waals surface area contributed by atoms with Crippen molar-refractivity contribution in [3.05, 3.63) is 116 Å². The molecule has 0 saturated carbocycles. The molecule has 0 bridgehead atoms. The third kappa shape index (κ3) is 7.55. The van der Waals surface area contributed by atoms with E-state index in [1.54, 1.807) is 99.1 Å². The van der Waals surface area contributed by atoms with E-state index in [0.717, 1.165) is 0 Å². The summed E-state index contributed by atoms with van der Waals surface area (Å²) in [7, 11) is 3.18. The van der Waals surface area contributed by atoms with Crippen molar-refractivity contribution in [3.8, 4) is 23.0 Å². The van der Waals surface area contributed by atoms with E-state index in [1.165, 1.54) is 0 Å². The van der Waals surface area contributed by atoms with Gasteiger partial charge in [0.1, 0.15) is 36.2 Å². The molecule has 0 heterocycles. The lowest BCUT2D eigenvalue weighted by Crippen LogP contribution is -2.29. The van der Waals surface area contributed by atoms with Crippen LogP contribution < -0.4 is 18.9 Å². The fourth-order valence-electron chi connectivity index (χ4n) is 4.09. The molecule has 0 aliphatic carbocycles. The van der Waals surface area contributed by atoms with Crippen LogP contribution in [0.2, 0.25) is 20.1 Å². The van der Waals surface area contributed by atoms with E-state index < -0.39 is 11.8 Å². The molecular formula is C31H26Cl4O5. The first-order valence-corrected chi connectivity index (χ1v) is 13.8. The number of rotatable bonds is 12. The Morgan fingerprint density at radius 2 is 0.900 bits per heavy atom. The van der Waals surface area contributed by atoms with Gasteiger partial charge in [-0.3, -0.25) is 4.79 Å². The quantitative estimate of drug-likeness (QED) is 0.158. The molecule has 0 aliphatic heterocycles. The van der Waals surface area contributed by atoms with Crippen LogP contribution in [0, 0.1) is 0 Å². The summed E-state index contributed by atoms with van der Waals surface area (Å²) in [5, 5.41) is 1.44. The Kier molecular flexibility index (Phi) is 10.5. The molecule has 208 valence electrons. The Morgan fingerprint density at radius 3 is 1.23 bits per heavy atom. The highest BCUT2D eigenvalue weighted by molar-refractivity contribution is 6.42. The Balaban J connectivity index is 1.67. The standard InChI is InChI=1S/C31H26Cl4O5/c1-37-21-5-9-23(10-6-21)39-17-25(19-3-13-27(32)29(34)15-19)31(36)26(20-4-14-28(33)30(35)16-20)18-40-24-11-7-22(38-2)8-12-24/h3-16,25-26H,17-18H2,1-2H3. The summed E-state index contributed by atoms with van der Waals surface area (Å²) in [4.78, 5) is 14.3. The van der Waals surface area contributed by atoms with Crippen molar-refractivity contribution in [2.75, 3.05) is 27.4 Å². The zero-order valence-electron chi connectivity index (χ0n) is 21.7. The van der Waals surface area contributed by atoms with E-state index in [4.69, 9.17) is 65.4 Å². The van der Waals surface area contributed by atoms with E-state index in [9.17, 15) is 4.79 Å². The Bertz CT molecular complexity index is 1330. The van der Waals surface area contributed by atoms with E-state index in [-0.39, 0.29) is 19.0 Å². The smallest absolute Gasteiger partial charge is 0.154 e. The predicted octanol–water partition coefficient (Wildman–Crippen LogP) is 8.91. The zero-order chi connectivity index (χ0) is 28.6. The molecule has 2 unspecified atom stereocenters. The highest BCUT2D eigenvalue weighted by atomic mass is 35.5. The first kappa shape index (κ1) is 29.9. The minimum Gasteiger partial charge on any atom is -0.497 e. The van der Waals surface area contributed by atoms with Gasteiger partial charge in [0.15, 0.2) is 5.78 Å². The Morgan fingerprint density at radius 1 is 0.550 bits per heavy atom. The number of benzene rings is 4. The van der Waals surface area contributed by atoms with Gasteiger partial charge >= 0.3 is 0 Å². The van der Waals surface area contributed by atoms with Crippen LogP contribution in [-0.4, -0.2) is 33.2 Å². The van der Waals surface area contributed by atoms with Crippen molar-refractivity contribution in [2.45, 2.75) is 11.8 Å². The second-order valence-corrected chi connectivity index (χ2v) is 10.5. The molecule has 0 aliphatic rings. The summed E-state index contributed by atoms with van der Waals surface area (Å²) in [6.07, 6.45) is 0. The molecule has 5 nitrogen and oxygen atoms in total. The van der Waals surface area contributed by atoms with Gasteiger partial charge in [-0.25, -0.2) is 0 Å². The third-order valence-electron chi connectivity index (χ3n) is 6.33. The number of carbonyl (C=O) groups excluding carboxylic acids is 1. The van der Waals surface area contributed by atoms with E-state index in [0.29, 0.717) is 54.2 Å². The van der Waals surface area contributed by atoms with Gasteiger partial charge in [0.05, 0.1) is 46.1 Å². The monoisotopic (exact) mass is 618 g/mol. The molecule has 0 radical (unpaired) electrons. The molecule has 0 saturated heterocycles. The van der Waals surface area contributed by atoms with Crippen LogP contribution in [0.1, 0.15) is 23.0 Å². The number of halogens is 4. The van der Waals surface area contributed by atoms with E-state index in [2.05, 4.69) is 0 Å². The van der Waals surface area contributed by atoms with Gasteiger partial charge in [0.25, 0.3) is 0 Å². The van der Waals surface area contributed by atoms with Crippen molar-refractivity contribution >= 4 is 52.2 Å². The normalized spacial score (nSPS) is 12.3. The van der Waals surface area contributed by atoms with Crippen molar-refractivity contribution < 1.29 is 23.7 Å². The molecule has 0 aromatic heterocycles. The van der Waals surface area contributed by atoms with Gasteiger partial charge in [-0.2, -0.15) is 0 Å². The average molecular weight is 620 g/mol. The van der Waals surface area contributed by atoms with E-state index >= 15 is 0 Å². The summed E-state index contributed by atoms with van der Waals surface area (Å²) >= 11 is 25.1. The van der Waals surface area contributed by atoms with Gasteiger partial charge in [-0.1, -0.05) is 58.5 Å². The van der Waals surface area contributed by atoms with Crippen LogP contribution in [0.4, 0.5) is 0 Å². The molecule has 0 spiro atoms. The van der Waals surface area contributed by atoms with Gasteiger partial charge in [0, 0.05) is 0 Å². The van der Waals surface area contributed by atoms with E-state index in [1.807, 2.05) is 0 Å². The largest absolute Gasteiger partial charge is 0.497 e. The Labute approximate surface area is 253 Å². The van der Waals surface area contributed by atoms with Gasteiger partial charge in [0.2, 0.25) is 0 Å². The number of ketones is 1. The summed E-state index contributed by atoms with van der Waals surface area (Å²) in [5.74, 6) is 0.975. The molecule has 0 N–H and O–H groups in total. The van der Waals surface area contributed by atoms with Gasteiger partial charge < -0.3 is 18.9 Å². The van der Waals surface area contributed by atoms with Crippen molar-refractivity contribution in [2.24, 2.45) is 0 Å². The van der Waals surface area contributed by atoms with Crippen LogP contribution in [0.25, 0.3) is 0 Å². The second kappa shape index (κ2) is 14.0. The van der Waals surface area contributed by atoms with Crippen molar-refractivity contribution in [1.82, 2.24) is 0 Å². The lowest BCUT2D eigenvalue weighted by atomic mass is 9.84. The molecule has 0 fully saturated rings. The molecule has 2 atom stereocenters. The highest BCUT2D eigenvalue weighted by Crippen LogP contribution is 2.34. The predicted molar refractivity (Wildman–Crippen MR) is 160 cm³/mol. The average Bonchev–Trinajstić information content (AvgIpc) is 2.97. The third-order valence-corrected chi connectivity index (χ3v) is 7.81. The maximum Gasteiger partial charge on any atom is 0.154 e. The number of Topliss-reactive ketones (excluding diaryl/α,β-unsaturated/α-hetero) is 1. The minimum absolute atomic E-state index is 0.0451. The fourth-order valence-corrected chi connectivity index (χ4v) is 4.70. The maximum atomic E-state index is 14.3. The van der Waals surface area contributed by atoms with Crippen LogP contribution in [0.3, 0.4) is 0 Å². The summed E-state index contributed by atoms with van der Waals surface area (Å²) in [6, 6.07) is 24.5. The molecule has 4 rings (SSSR count). The first-order valence-electron chi connectivity index (χ1n) is 12.3. The molecule has 4 aromatic rings.